The van der Waals surface area contributed by atoms with E-state index in [0.717, 1.165) is 19.3 Å². The van der Waals surface area contributed by atoms with Gasteiger partial charge < -0.3 is 39.7 Å². The summed E-state index contributed by atoms with van der Waals surface area (Å²) in [7, 11) is 0. The molecule has 3 rings (SSSR count). The van der Waals surface area contributed by atoms with Crippen molar-refractivity contribution < 1.29 is 49.3 Å². The number of rotatable bonds is 10. The summed E-state index contributed by atoms with van der Waals surface area (Å²) in [5.74, 6) is -1.06. The number of carbonyl (C=O) groups excluding carboxylic acids is 1. The molecule has 5 N–H and O–H groups in total. The SMILES string of the molecule is C/C=C(\C)C(=O)O[C@@H]1[C@@H](O[C@@H]2O[C@H](CO)[C@@H](O)[C@H](O)[C@H]2O)C[C@@]2(C)[C@H](CC[C@H](C)CC(=O)O)C(C)=CC[C@@H]2C1(C)C. The maximum atomic E-state index is 13.1. The van der Waals surface area contributed by atoms with Crippen LogP contribution in [0.3, 0.4) is 0 Å². The zero-order valence-corrected chi connectivity index (χ0v) is 25.4. The van der Waals surface area contributed by atoms with Gasteiger partial charge in [0.2, 0.25) is 0 Å². The van der Waals surface area contributed by atoms with Crippen LogP contribution in [0.4, 0.5) is 0 Å². The number of carboxylic acids is 1. The second-order valence-electron chi connectivity index (χ2n) is 13.3. The van der Waals surface area contributed by atoms with Crippen molar-refractivity contribution in [2.24, 2.45) is 28.6 Å². The van der Waals surface area contributed by atoms with Crippen LogP contribution in [0.1, 0.15) is 80.6 Å². The van der Waals surface area contributed by atoms with E-state index in [0.29, 0.717) is 12.0 Å². The standard InChI is InChI=1S/C31H50O10/c1-8-17(3)28(38)41-27-20(39-29-26(37)25(36)24(35)21(15-32)40-29)14-31(7)19(11-9-16(2)13-23(33)34)18(4)10-12-22(31)30(27,5)6/h8,10,16,19-22,24-27,29,32,35-37H,9,11-15H2,1-7H3,(H,33,34)/b17-8+/t16-,19+,20-,21+,22+,24+,25-,26+,27+,29+,31-/m0/s1. The van der Waals surface area contributed by atoms with E-state index in [1.807, 2.05) is 6.92 Å². The summed E-state index contributed by atoms with van der Waals surface area (Å²) in [6, 6.07) is 0. The van der Waals surface area contributed by atoms with E-state index < -0.39 is 66.9 Å². The second kappa shape index (κ2) is 13.2. The van der Waals surface area contributed by atoms with Gasteiger partial charge >= 0.3 is 11.9 Å². The molecule has 0 spiro atoms. The third-order valence-corrected chi connectivity index (χ3v) is 10.0. The lowest BCUT2D eigenvalue weighted by Crippen LogP contribution is -2.64. The summed E-state index contributed by atoms with van der Waals surface area (Å²) in [5.41, 5.74) is 0.763. The smallest absolute Gasteiger partial charge is 0.333 e. The van der Waals surface area contributed by atoms with Gasteiger partial charge in [0.1, 0.15) is 30.5 Å². The minimum atomic E-state index is -1.60. The van der Waals surface area contributed by atoms with Crippen molar-refractivity contribution in [1.82, 2.24) is 0 Å². The first-order chi connectivity index (χ1) is 19.1. The van der Waals surface area contributed by atoms with Crippen molar-refractivity contribution in [3.8, 4) is 0 Å². The van der Waals surface area contributed by atoms with Crippen molar-refractivity contribution in [1.29, 1.82) is 0 Å². The number of aliphatic hydroxyl groups is 4. The van der Waals surface area contributed by atoms with Crippen LogP contribution in [0.25, 0.3) is 0 Å². The van der Waals surface area contributed by atoms with Crippen LogP contribution in [-0.4, -0.2) is 87.0 Å². The van der Waals surface area contributed by atoms with Gasteiger partial charge in [0.15, 0.2) is 6.29 Å². The van der Waals surface area contributed by atoms with E-state index in [-0.39, 0.29) is 29.6 Å². The molecule has 0 unspecified atom stereocenters. The van der Waals surface area contributed by atoms with Crippen LogP contribution in [0, 0.1) is 28.6 Å². The Hall–Kier alpha value is -1.82. The lowest BCUT2D eigenvalue weighted by atomic mass is 9.46. The molecule has 0 radical (unpaired) electrons. The molecule has 1 heterocycles. The molecule has 234 valence electrons. The molecular weight excluding hydrogens is 532 g/mol. The Morgan fingerprint density at radius 1 is 1.17 bits per heavy atom. The number of aliphatic carboxylic acids is 1. The summed E-state index contributed by atoms with van der Waals surface area (Å²) >= 11 is 0. The average molecular weight is 583 g/mol. The molecular formula is C31H50O10. The maximum Gasteiger partial charge on any atom is 0.333 e. The minimum absolute atomic E-state index is 0.0135. The van der Waals surface area contributed by atoms with Crippen LogP contribution in [-0.2, 0) is 23.8 Å². The van der Waals surface area contributed by atoms with E-state index in [9.17, 15) is 35.1 Å². The number of allylic oxidation sites excluding steroid dienone is 3. The first-order valence-electron chi connectivity index (χ1n) is 14.8. The predicted octanol–water partition coefficient (Wildman–Crippen LogP) is 2.96. The summed E-state index contributed by atoms with van der Waals surface area (Å²) in [6.07, 6.45) is -1.90. The number of ether oxygens (including phenoxy) is 3. The van der Waals surface area contributed by atoms with E-state index in [1.165, 1.54) is 5.57 Å². The zero-order valence-electron chi connectivity index (χ0n) is 25.4. The number of carbonyl (C=O) groups is 2. The Balaban J connectivity index is 2.00. The highest BCUT2D eigenvalue weighted by Gasteiger charge is 2.61. The van der Waals surface area contributed by atoms with Gasteiger partial charge in [-0.15, -0.1) is 0 Å². The topological polar surface area (TPSA) is 163 Å². The molecule has 10 nitrogen and oxygen atoms in total. The number of esters is 1. The second-order valence-corrected chi connectivity index (χ2v) is 13.3. The number of fused-ring (bicyclic) bond motifs is 1. The highest BCUT2D eigenvalue weighted by molar-refractivity contribution is 5.87. The number of aliphatic hydroxyl groups excluding tert-OH is 4. The molecule has 0 aromatic rings. The molecule has 11 atom stereocenters. The number of hydrogen-bond donors (Lipinski definition) is 5. The first kappa shape index (κ1) is 33.7. The molecule has 10 heteroatoms. The minimum Gasteiger partial charge on any atom is -0.481 e. The van der Waals surface area contributed by atoms with Crippen molar-refractivity contribution in [2.45, 2.75) is 123 Å². The van der Waals surface area contributed by atoms with E-state index in [2.05, 4.69) is 33.8 Å². The van der Waals surface area contributed by atoms with Gasteiger partial charge in [-0.3, -0.25) is 4.79 Å². The summed E-state index contributed by atoms with van der Waals surface area (Å²) < 4.78 is 18.2. The highest BCUT2D eigenvalue weighted by Crippen LogP contribution is 2.62. The molecule has 0 aromatic heterocycles. The maximum absolute atomic E-state index is 13.1. The van der Waals surface area contributed by atoms with Crippen LogP contribution >= 0.6 is 0 Å². The predicted molar refractivity (Wildman–Crippen MR) is 150 cm³/mol. The Bertz CT molecular complexity index is 1000. The van der Waals surface area contributed by atoms with Crippen molar-refractivity contribution in [3.63, 3.8) is 0 Å². The third kappa shape index (κ3) is 6.89. The van der Waals surface area contributed by atoms with Gasteiger partial charge in [-0.25, -0.2) is 4.79 Å². The Morgan fingerprint density at radius 2 is 1.83 bits per heavy atom. The van der Waals surface area contributed by atoms with Crippen LogP contribution in [0.5, 0.6) is 0 Å². The monoisotopic (exact) mass is 582 g/mol. The normalized spacial score (nSPS) is 39.8. The fourth-order valence-electron chi connectivity index (χ4n) is 7.57. The fourth-order valence-corrected chi connectivity index (χ4v) is 7.57. The summed E-state index contributed by atoms with van der Waals surface area (Å²) in [4.78, 5) is 24.3. The lowest BCUT2D eigenvalue weighted by Gasteiger charge is -2.61. The molecule has 1 saturated heterocycles. The third-order valence-electron chi connectivity index (χ3n) is 10.0. The van der Waals surface area contributed by atoms with Gasteiger partial charge in [-0.2, -0.15) is 0 Å². The largest absolute Gasteiger partial charge is 0.481 e. The summed E-state index contributed by atoms with van der Waals surface area (Å²) in [6.45, 7) is 13.2. The molecule has 1 aliphatic heterocycles. The van der Waals surface area contributed by atoms with Crippen LogP contribution < -0.4 is 0 Å². The Labute approximate surface area is 243 Å². The van der Waals surface area contributed by atoms with E-state index in [1.54, 1.807) is 19.9 Å². The summed E-state index contributed by atoms with van der Waals surface area (Å²) in [5, 5.41) is 50.4. The zero-order chi connectivity index (χ0) is 30.9. The molecule has 1 saturated carbocycles. The highest BCUT2D eigenvalue weighted by atomic mass is 16.7. The Morgan fingerprint density at radius 3 is 2.41 bits per heavy atom. The Kier molecular flexibility index (Phi) is 10.9. The first-order valence-corrected chi connectivity index (χ1v) is 14.8. The van der Waals surface area contributed by atoms with Gasteiger partial charge in [0.05, 0.1) is 12.7 Å². The molecule has 2 aliphatic carbocycles. The number of hydrogen-bond acceptors (Lipinski definition) is 9. The lowest BCUT2D eigenvalue weighted by molar-refractivity contribution is -0.331. The molecule has 2 fully saturated rings. The molecule has 3 aliphatic rings. The molecule has 0 aromatic carbocycles. The fraction of sp³-hybridized carbons (Fsp3) is 0.806. The molecule has 0 bridgehead atoms. The van der Waals surface area contributed by atoms with E-state index >= 15 is 0 Å². The van der Waals surface area contributed by atoms with Gasteiger partial charge in [0.25, 0.3) is 0 Å². The van der Waals surface area contributed by atoms with Crippen molar-refractivity contribution >= 4 is 11.9 Å². The van der Waals surface area contributed by atoms with Crippen LogP contribution in [0.15, 0.2) is 23.3 Å². The van der Waals surface area contributed by atoms with Crippen molar-refractivity contribution in [3.05, 3.63) is 23.3 Å². The van der Waals surface area contributed by atoms with Gasteiger partial charge in [-0.05, 0) is 69.6 Å². The number of carboxylic acid groups (broad SMARTS) is 1. The van der Waals surface area contributed by atoms with Gasteiger partial charge in [0, 0.05) is 17.4 Å². The van der Waals surface area contributed by atoms with Crippen LogP contribution in [0.2, 0.25) is 0 Å². The molecule has 0 amide bonds. The van der Waals surface area contributed by atoms with E-state index in [4.69, 9.17) is 14.2 Å². The quantitative estimate of drug-likeness (QED) is 0.147. The molecule has 41 heavy (non-hydrogen) atoms. The van der Waals surface area contributed by atoms with Gasteiger partial charge in [-0.1, -0.05) is 45.4 Å². The average Bonchev–Trinajstić information content (AvgIpc) is 2.89. The van der Waals surface area contributed by atoms with Crippen molar-refractivity contribution in [2.75, 3.05) is 6.61 Å².